The van der Waals surface area contributed by atoms with Crippen LogP contribution in [0.3, 0.4) is 0 Å². The summed E-state index contributed by atoms with van der Waals surface area (Å²) in [7, 11) is 0. The number of aryl methyl sites for hydroxylation is 1. The molecule has 8 nitrogen and oxygen atoms in total. The molecule has 0 unspecified atom stereocenters. The van der Waals surface area contributed by atoms with Gasteiger partial charge in [0.25, 0.3) is 11.5 Å². The van der Waals surface area contributed by atoms with Gasteiger partial charge in [-0.1, -0.05) is 18.2 Å². The van der Waals surface area contributed by atoms with E-state index >= 15 is 0 Å². The molecule has 0 atom stereocenters. The van der Waals surface area contributed by atoms with E-state index in [2.05, 4.69) is 10.3 Å². The summed E-state index contributed by atoms with van der Waals surface area (Å²) in [4.78, 5) is 41.5. The highest BCUT2D eigenvalue weighted by atomic mass is 32.1. The van der Waals surface area contributed by atoms with Crippen molar-refractivity contribution in [1.29, 1.82) is 0 Å². The van der Waals surface area contributed by atoms with Crippen LogP contribution in [-0.4, -0.2) is 27.9 Å². The molecule has 0 spiro atoms. The topological polar surface area (TPSA) is 99.0 Å². The fourth-order valence-corrected chi connectivity index (χ4v) is 3.84. The van der Waals surface area contributed by atoms with Crippen LogP contribution in [0.5, 0.6) is 5.75 Å². The standard InChI is InChI=1S/C23H19N3O5S/c1-15-14-32-23-25-18(11-21(28)26(15)23)12-31-22(29)16-7-9-17(10-8-16)24-20(27)13-30-19-5-3-2-4-6-19/h2-11,14H,12-13H2,1H3,(H,24,27). The number of nitrogens with zero attached hydrogens (tertiary/aromatic N) is 2. The number of esters is 1. The summed E-state index contributed by atoms with van der Waals surface area (Å²) in [6, 6.07) is 16.7. The second kappa shape index (κ2) is 9.44. The number of carbonyl (C=O) groups excluding carboxylic acids is 2. The number of hydrogen-bond donors (Lipinski definition) is 1. The molecular weight excluding hydrogens is 430 g/mol. The zero-order chi connectivity index (χ0) is 22.5. The number of nitrogens with one attached hydrogen (secondary N) is 1. The van der Waals surface area contributed by atoms with Crippen LogP contribution in [0.1, 0.15) is 21.7 Å². The summed E-state index contributed by atoms with van der Waals surface area (Å²) in [5.41, 5.74) is 1.82. The number of para-hydroxylation sites is 1. The molecule has 4 aromatic rings. The van der Waals surface area contributed by atoms with Crippen LogP contribution in [0.15, 0.2) is 70.8 Å². The smallest absolute Gasteiger partial charge is 0.338 e. The zero-order valence-corrected chi connectivity index (χ0v) is 17.9. The maximum Gasteiger partial charge on any atom is 0.338 e. The largest absolute Gasteiger partial charge is 0.484 e. The molecular formula is C23H19N3O5S. The molecule has 4 rings (SSSR count). The normalized spacial score (nSPS) is 10.7. The molecule has 0 aliphatic rings. The fraction of sp³-hybridized carbons (Fsp3) is 0.130. The second-order valence-corrected chi connectivity index (χ2v) is 7.72. The molecule has 0 aliphatic heterocycles. The molecule has 9 heteroatoms. The minimum absolute atomic E-state index is 0.114. The summed E-state index contributed by atoms with van der Waals surface area (Å²) in [6.45, 7) is 1.58. The highest BCUT2D eigenvalue weighted by Gasteiger charge is 2.11. The monoisotopic (exact) mass is 449 g/mol. The van der Waals surface area contributed by atoms with Crippen molar-refractivity contribution in [2.75, 3.05) is 11.9 Å². The van der Waals surface area contributed by atoms with E-state index in [-0.39, 0.29) is 24.7 Å². The van der Waals surface area contributed by atoms with Gasteiger partial charge < -0.3 is 14.8 Å². The van der Waals surface area contributed by atoms with Crippen LogP contribution in [0.4, 0.5) is 5.69 Å². The molecule has 162 valence electrons. The van der Waals surface area contributed by atoms with Gasteiger partial charge in [-0.25, -0.2) is 9.78 Å². The second-order valence-electron chi connectivity index (χ2n) is 6.88. The Morgan fingerprint density at radius 3 is 2.59 bits per heavy atom. The third kappa shape index (κ3) is 5.01. The first-order chi connectivity index (χ1) is 15.5. The fourth-order valence-electron chi connectivity index (χ4n) is 2.95. The van der Waals surface area contributed by atoms with Crippen molar-refractivity contribution < 1.29 is 19.1 Å². The lowest BCUT2D eigenvalue weighted by atomic mass is 10.2. The molecule has 1 amide bonds. The van der Waals surface area contributed by atoms with Crippen molar-refractivity contribution in [1.82, 2.24) is 9.38 Å². The molecule has 1 N–H and O–H groups in total. The maximum atomic E-state index is 12.3. The van der Waals surface area contributed by atoms with E-state index in [1.54, 1.807) is 36.4 Å². The third-order valence-corrected chi connectivity index (χ3v) is 5.44. The molecule has 0 aliphatic carbocycles. The average Bonchev–Trinajstić information content (AvgIpc) is 3.18. The summed E-state index contributed by atoms with van der Waals surface area (Å²) in [5.74, 6) is -0.272. The van der Waals surface area contributed by atoms with Crippen molar-refractivity contribution in [2.24, 2.45) is 0 Å². The molecule has 0 saturated heterocycles. The van der Waals surface area contributed by atoms with E-state index in [1.807, 2.05) is 30.5 Å². The number of amides is 1. The summed E-state index contributed by atoms with van der Waals surface area (Å²) in [5, 5.41) is 4.54. The van der Waals surface area contributed by atoms with Crippen molar-refractivity contribution in [2.45, 2.75) is 13.5 Å². The number of ether oxygens (including phenoxy) is 2. The number of hydrogen-bond acceptors (Lipinski definition) is 7. The van der Waals surface area contributed by atoms with Gasteiger partial charge >= 0.3 is 5.97 Å². The Balaban J connectivity index is 1.31. The zero-order valence-electron chi connectivity index (χ0n) is 17.1. The van der Waals surface area contributed by atoms with Crippen molar-refractivity contribution in [3.63, 3.8) is 0 Å². The van der Waals surface area contributed by atoms with Gasteiger partial charge in [-0.2, -0.15) is 0 Å². The van der Waals surface area contributed by atoms with Gasteiger partial charge in [0.05, 0.1) is 11.3 Å². The number of anilines is 1. The Morgan fingerprint density at radius 2 is 1.84 bits per heavy atom. The summed E-state index contributed by atoms with van der Waals surface area (Å²) >= 11 is 1.35. The van der Waals surface area contributed by atoms with Crippen LogP contribution in [-0.2, 0) is 16.1 Å². The predicted molar refractivity (Wildman–Crippen MR) is 120 cm³/mol. The minimum Gasteiger partial charge on any atom is -0.484 e. The van der Waals surface area contributed by atoms with Crippen molar-refractivity contribution in [3.05, 3.63) is 93.3 Å². The number of thiazole rings is 1. The van der Waals surface area contributed by atoms with E-state index in [1.165, 1.54) is 21.8 Å². The van der Waals surface area contributed by atoms with Crippen LogP contribution >= 0.6 is 11.3 Å². The Labute approximate surface area is 187 Å². The lowest BCUT2D eigenvalue weighted by Gasteiger charge is -2.08. The molecule has 32 heavy (non-hydrogen) atoms. The molecule has 2 heterocycles. The number of benzene rings is 2. The molecule has 2 aromatic heterocycles. The van der Waals surface area contributed by atoms with E-state index in [9.17, 15) is 14.4 Å². The van der Waals surface area contributed by atoms with Gasteiger partial charge in [0, 0.05) is 22.8 Å². The van der Waals surface area contributed by atoms with Crippen LogP contribution in [0.2, 0.25) is 0 Å². The average molecular weight is 449 g/mol. The van der Waals surface area contributed by atoms with Crippen molar-refractivity contribution >= 4 is 33.9 Å². The van der Waals surface area contributed by atoms with E-state index in [4.69, 9.17) is 9.47 Å². The highest BCUT2D eigenvalue weighted by molar-refractivity contribution is 7.15. The number of rotatable bonds is 7. The van der Waals surface area contributed by atoms with Crippen LogP contribution in [0, 0.1) is 6.92 Å². The molecule has 0 bridgehead atoms. The lowest BCUT2D eigenvalue weighted by molar-refractivity contribution is -0.118. The van der Waals surface area contributed by atoms with Crippen LogP contribution in [0.25, 0.3) is 4.96 Å². The predicted octanol–water partition coefficient (Wildman–Crippen LogP) is 3.44. The summed E-state index contributed by atoms with van der Waals surface area (Å²) < 4.78 is 12.2. The quantitative estimate of drug-likeness (QED) is 0.434. The molecule has 0 radical (unpaired) electrons. The number of aromatic nitrogens is 2. The van der Waals surface area contributed by atoms with Gasteiger partial charge in [-0.15, -0.1) is 11.3 Å². The first kappa shape index (κ1) is 21.3. The first-order valence-corrected chi connectivity index (χ1v) is 10.6. The van der Waals surface area contributed by atoms with Crippen molar-refractivity contribution in [3.8, 4) is 5.75 Å². The van der Waals surface area contributed by atoms with E-state index < -0.39 is 5.97 Å². The Kier molecular flexibility index (Phi) is 6.27. The molecule has 0 saturated carbocycles. The maximum absolute atomic E-state index is 12.3. The van der Waals surface area contributed by atoms with Crippen LogP contribution < -0.4 is 15.6 Å². The SMILES string of the molecule is Cc1csc2nc(COC(=O)c3ccc(NC(=O)COc4ccccc4)cc3)cc(=O)n12. The van der Waals surface area contributed by atoms with Gasteiger partial charge in [0.1, 0.15) is 12.4 Å². The number of fused-ring (bicyclic) bond motifs is 1. The van der Waals surface area contributed by atoms with Gasteiger partial charge in [0.2, 0.25) is 0 Å². The molecule has 2 aromatic carbocycles. The third-order valence-electron chi connectivity index (χ3n) is 4.50. The molecule has 0 fully saturated rings. The van der Waals surface area contributed by atoms with Gasteiger partial charge in [0.15, 0.2) is 11.6 Å². The first-order valence-electron chi connectivity index (χ1n) is 9.71. The number of carbonyl (C=O) groups is 2. The minimum atomic E-state index is -0.556. The van der Waals surface area contributed by atoms with E-state index in [0.29, 0.717) is 27.7 Å². The Hall–Kier alpha value is -3.98. The van der Waals surface area contributed by atoms with Gasteiger partial charge in [-0.05, 0) is 43.3 Å². The Bertz CT molecular complexity index is 1310. The van der Waals surface area contributed by atoms with E-state index in [0.717, 1.165) is 5.69 Å². The lowest BCUT2D eigenvalue weighted by Crippen LogP contribution is -2.20. The summed E-state index contributed by atoms with van der Waals surface area (Å²) in [6.07, 6.45) is 0. The Morgan fingerprint density at radius 1 is 1.09 bits per heavy atom. The van der Waals surface area contributed by atoms with Gasteiger partial charge in [-0.3, -0.25) is 14.0 Å². The highest BCUT2D eigenvalue weighted by Crippen LogP contribution is 2.14.